The van der Waals surface area contributed by atoms with Crippen molar-refractivity contribution in [3.63, 3.8) is 0 Å². The molecule has 0 aliphatic heterocycles. The first kappa shape index (κ1) is 10.3. The average Bonchev–Trinajstić information content (AvgIpc) is 2.22. The summed E-state index contributed by atoms with van der Waals surface area (Å²) in [6.45, 7) is 1.76. The molecule has 1 aromatic carbocycles. The van der Waals surface area contributed by atoms with E-state index >= 15 is 0 Å². The quantitative estimate of drug-likeness (QED) is 0.712. The Morgan fingerprint density at radius 3 is 2.60 bits per heavy atom. The van der Waals surface area contributed by atoms with E-state index in [9.17, 15) is 4.39 Å². The van der Waals surface area contributed by atoms with Crippen LogP contribution in [0.2, 0.25) is 0 Å². The summed E-state index contributed by atoms with van der Waals surface area (Å²) >= 11 is 3.30. The number of halogens is 2. The fourth-order valence-electron chi connectivity index (χ4n) is 1.44. The smallest absolute Gasteiger partial charge is 0.126 e. The minimum atomic E-state index is -0.200. The van der Waals surface area contributed by atoms with Gasteiger partial charge in [-0.25, -0.2) is 9.37 Å². The Labute approximate surface area is 96.1 Å². The van der Waals surface area contributed by atoms with Crippen LogP contribution in [0.1, 0.15) is 5.56 Å². The second-order valence-corrected chi connectivity index (χ2v) is 4.07. The van der Waals surface area contributed by atoms with Gasteiger partial charge in [0.15, 0.2) is 0 Å². The zero-order chi connectivity index (χ0) is 10.8. The van der Waals surface area contributed by atoms with Crippen LogP contribution in [-0.4, -0.2) is 4.98 Å². The molecule has 76 valence electrons. The van der Waals surface area contributed by atoms with Crippen LogP contribution in [0.5, 0.6) is 0 Å². The second-order valence-electron chi connectivity index (χ2n) is 3.26. The van der Waals surface area contributed by atoms with Gasteiger partial charge in [0.1, 0.15) is 10.4 Å². The van der Waals surface area contributed by atoms with Crippen molar-refractivity contribution in [2.24, 2.45) is 0 Å². The van der Waals surface area contributed by atoms with Gasteiger partial charge in [-0.2, -0.15) is 0 Å². The van der Waals surface area contributed by atoms with Crippen molar-refractivity contribution in [1.82, 2.24) is 4.98 Å². The highest BCUT2D eigenvalue weighted by molar-refractivity contribution is 9.10. The highest BCUT2D eigenvalue weighted by Gasteiger charge is 2.06. The van der Waals surface area contributed by atoms with Gasteiger partial charge < -0.3 is 0 Å². The Balaban J connectivity index is 2.59. The zero-order valence-electron chi connectivity index (χ0n) is 8.17. The molecule has 0 spiro atoms. The van der Waals surface area contributed by atoms with Crippen molar-refractivity contribution in [2.75, 3.05) is 0 Å². The highest BCUT2D eigenvalue weighted by Crippen LogP contribution is 2.24. The Hall–Kier alpha value is -1.22. The van der Waals surface area contributed by atoms with Gasteiger partial charge in [0, 0.05) is 5.56 Å². The van der Waals surface area contributed by atoms with Crippen LogP contribution in [0.15, 0.2) is 41.0 Å². The lowest BCUT2D eigenvalue weighted by Crippen LogP contribution is -1.90. The Kier molecular flexibility index (Phi) is 2.82. The van der Waals surface area contributed by atoms with Crippen LogP contribution in [0, 0.1) is 12.7 Å². The van der Waals surface area contributed by atoms with Gasteiger partial charge in [0.25, 0.3) is 0 Å². The number of nitrogens with zero attached hydrogens (tertiary/aromatic N) is 1. The number of hydrogen-bond donors (Lipinski definition) is 0. The number of aromatic nitrogens is 1. The summed E-state index contributed by atoms with van der Waals surface area (Å²) in [7, 11) is 0. The van der Waals surface area contributed by atoms with Crippen LogP contribution < -0.4 is 0 Å². The first-order valence-corrected chi connectivity index (χ1v) is 5.36. The lowest BCUT2D eigenvalue weighted by atomic mass is 10.0. The Morgan fingerprint density at radius 1 is 1.13 bits per heavy atom. The van der Waals surface area contributed by atoms with Crippen molar-refractivity contribution in [3.8, 4) is 11.3 Å². The predicted molar refractivity (Wildman–Crippen MR) is 62.1 cm³/mol. The maximum Gasteiger partial charge on any atom is 0.126 e. The van der Waals surface area contributed by atoms with Crippen LogP contribution in [0.4, 0.5) is 4.39 Å². The molecule has 0 unspecified atom stereocenters. The molecule has 1 aromatic heterocycles. The van der Waals surface area contributed by atoms with Crippen molar-refractivity contribution in [2.45, 2.75) is 6.92 Å². The Morgan fingerprint density at radius 2 is 1.87 bits per heavy atom. The monoisotopic (exact) mass is 265 g/mol. The van der Waals surface area contributed by atoms with Gasteiger partial charge in [0.05, 0.1) is 5.69 Å². The molecule has 15 heavy (non-hydrogen) atoms. The summed E-state index contributed by atoms with van der Waals surface area (Å²) in [5.74, 6) is -0.200. The third-order valence-corrected chi connectivity index (χ3v) is 2.70. The van der Waals surface area contributed by atoms with Gasteiger partial charge in [-0.15, -0.1) is 0 Å². The Bertz CT molecular complexity index is 497. The molecule has 0 fully saturated rings. The van der Waals surface area contributed by atoms with Crippen molar-refractivity contribution < 1.29 is 4.39 Å². The maximum atomic E-state index is 13.3. The molecule has 3 heteroatoms. The SMILES string of the molecule is Cc1c(F)cccc1-c1cccc(Br)n1. The second kappa shape index (κ2) is 4.11. The van der Waals surface area contributed by atoms with Gasteiger partial charge in [-0.3, -0.25) is 0 Å². The van der Waals surface area contributed by atoms with Gasteiger partial charge >= 0.3 is 0 Å². The van der Waals surface area contributed by atoms with E-state index in [0.29, 0.717) is 5.56 Å². The lowest BCUT2D eigenvalue weighted by Gasteiger charge is -2.05. The minimum absolute atomic E-state index is 0.200. The van der Waals surface area contributed by atoms with E-state index in [1.165, 1.54) is 6.07 Å². The van der Waals surface area contributed by atoms with Gasteiger partial charge in [-0.05, 0) is 46.6 Å². The first-order chi connectivity index (χ1) is 7.18. The van der Waals surface area contributed by atoms with Gasteiger partial charge in [-0.1, -0.05) is 18.2 Å². The van der Waals surface area contributed by atoms with E-state index < -0.39 is 0 Å². The van der Waals surface area contributed by atoms with Crippen LogP contribution in [-0.2, 0) is 0 Å². The van der Waals surface area contributed by atoms with Crippen LogP contribution in [0.25, 0.3) is 11.3 Å². The van der Waals surface area contributed by atoms with E-state index in [-0.39, 0.29) is 5.82 Å². The molecule has 2 aromatic rings. The molecule has 0 saturated carbocycles. The maximum absolute atomic E-state index is 13.3. The topological polar surface area (TPSA) is 12.9 Å². The molecule has 0 saturated heterocycles. The normalized spacial score (nSPS) is 10.3. The predicted octanol–water partition coefficient (Wildman–Crippen LogP) is 3.96. The molecule has 1 heterocycles. The van der Waals surface area contributed by atoms with Crippen LogP contribution >= 0.6 is 15.9 Å². The average molecular weight is 266 g/mol. The third kappa shape index (κ3) is 2.07. The number of rotatable bonds is 1. The fourth-order valence-corrected chi connectivity index (χ4v) is 1.79. The van der Waals surface area contributed by atoms with E-state index in [4.69, 9.17) is 0 Å². The van der Waals surface area contributed by atoms with E-state index in [0.717, 1.165) is 15.9 Å². The number of benzene rings is 1. The molecule has 0 amide bonds. The molecular weight excluding hydrogens is 257 g/mol. The standard InChI is InChI=1S/C12H9BrFN/c1-8-9(4-2-5-10(8)14)11-6-3-7-12(13)15-11/h2-7H,1H3. The van der Waals surface area contributed by atoms with E-state index in [1.54, 1.807) is 13.0 Å². The van der Waals surface area contributed by atoms with Crippen molar-refractivity contribution >= 4 is 15.9 Å². The molecule has 0 N–H and O–H groups in total. The zero-order valence-corrected chi connectivity index (χ0v) is 9.75. The molecule has 0 aliphatic rings. The summed E-state index contributed by atoms with van der Waals surface area (Å²) in [5, 5.41) is 0. The molecule has 2 rings (SSSR count). The lowest BCUT2D eigenvalue weighted by molar-refractivity contribution is 0.619. The van der Waals surface area contributed by atoms with Crippen molar-refractivity contribution in [1.29, 1.82) is 0 Å². The molecule has 0 bridgehead atoms. The summed E-state index contributed by atoms with van der Waals surface area (Å²) in [4.78, 5) is 4.30. The fraction of sp³-hybridized carbons (Fsp3) is 0.0833. The van der Waals surface area contributed by atoms with E-state index in [2.05, 4.69) is 20.9 Å². The molecular formula is C12H9BrFN. The first-order valence-electron chi connectivity index (χ1n) is 4.56. The van der Waals surface area contributed by atoms with E-state index in [1.807, 2.05) is 24.3 Å². The minimum Gasteiger partial charge on any atom is -0.241 e. The molecule has 0 radical (unpaired) electrons. The van der Waals surface area contributed by atoms with Crippen molar-refractivity contribution in [3.05, 3.63) is 52.4 Å². The number of hydrogen-bond acceptors (Lipinski definition) is 1. The highest BCUT2D eigenvalue weighted by atomic mass is 79.9. The van der Waals surface area contributed by atoms with Gasteiger partial charge in [0.2, 0.25) is 0 Å². The molecule has 1 nitrogen and oxygen atoms in total. The largest absolute Gasteiger partial charge is 0.241 e. The summed E-state index contributed by atoms with van der Waals surface area (Å²) in [6, 6.07) is 10.6. The number of pyridine rings is 1. The molecule has 0 aliphatic carbocycles. The summed E-state index contributed by atoms with van der Waals surface area (Å²) in [5.41, 5.74) is 2.24. The van der Waals surface area contributed by atoms with Crippen LogP contribution in [0.3, 0.4) is 0 Å². The molecule has 0 atom stereocenters. The summed E-state index contributed by atoms with van der Waals surface area (Å²) in [6.07, 6.45) is 0. The summed E-state index contributed by atoms with van der Waals surface area (Å²) < 4.78 is 14.1. The third-order valence-electron chi connectivity index (χ3n) is 2.26.